The van der Waals surface area contributed by atoms with Gasteiger partial charge >= 0.3 is 12.0 Å². The highest BCUT2D eigenvalue weighted by molar-refractivity contribution is 7.99. The summed E-state index contributed by atoms with van der Waals surface area (Å²) in [5, 5.41) is 14.7. The second-order valence-electron chi connectivity index (χ2n) is 7.78. The van der Waals surface area contributed by atoms with Gasteiger partial charge in [0.25, 0.3) is 0 Å². The van der Waals surface area contributed by atoms with Gasteiger partial charge in [0.15, 0.2) is 11.0 Å². The normalized spacial score (nSPS) is 20.5. The second-order valence-corrected chi connectivity index (χ2v) is 8.72. The fourth-order valence-corrected chi connectivity index (χ4v) is 4.81. The van der Waals surface area contributed by atoms with E-state index in [1.54, 1.807) is 26.0 Å². The molecule has 33 heavy (non-hydrogen) atoms. The van der Waals surface area contributed by atoms with Crippen LogP contribution in [0.15, 0.2) is 40.7 Å². The van der Waals surface area contributed by atoms with Crippen LogP contribution in [0.3, 0.4) is 0 Å². The third kappa shape index (κ3) is 5.36. The summed E-state index contributed by atoms with van der Waals surface area (Å²) in [7, 11) is 0. The largest absolute Gasteiger partial charge is 0.463 e. The van der Waals surface area contributed by atoms with Crippen LogP contribution in [0.25, 0.3) is 11.4 Å². The number of carbonyl (C=O) groups excluding carboxylic acids is 2. The van der Waals surface area contributed by atoms with Crippen molar-refractivity contribution in [1.29, 1.82) is 0 Å². The van der Waals surface area contributed by atoms with Crippen molar-refractivity contribution in [3.8, 4) is 11.4 Å². The minimum absolute atomic E-state index is 0.0347. The van der Waals surface area contributed by atoms with Gasteiger partial charge in [-0.3, -0.25) is 4.57 Å². The van der Waals surface area contributed by atoms with Crippen molar-refractivity contribution in [3.05, 3.63) is 41.4 Å². The SMILES string of the molecule is CCOC(=O)C1=C(CSc2nnc(-c3ccc(F)cc3)n2CC2CCCO2)NC(=O)NC1C. The smallest absolute Gasteiger partial charge is 0.337 e. The molecule has 1 aromatic carbocycles. The Labute approximate surface area is 195 Å². The maximum Gasteiger partial charge on any atom is 0.337 e. The fourth-order valence-electron chi connectivity index (χ4n) is 3.89. The molecular weight excluding hydrogens is 449 g/mol. The van der Waals surface area contributed by atoms with E-state index < -0.39 is 12.0 Å². The van der Waals surface area contributed by atoms with E-state index in [0.29, 0.717) is 41.2 Å². The minimum Gasteiger partial charge on any atom is -0.463 e. The van der Waals surface area contributed by atoms with Gasteiger partial charge in [-0.1, -0.05) is 11.8 Å². The molecule has 0 radical (unpaired) electrons. The number of esters is 1. The Morgan fingerprint density at radius 2 is 2.12 bits per heavy atom. The number of nitrogens with one attached hydrogen (secondary N) is 2. The molecule has 2 unspecified atom stereocenters. The van der Waals surface area contributed by atoms with E-state index in [1.165, 1.54) is 23.9 Å². The second kappa shape index (κ2) is 10.3. The molecule has 2 N–H and O–H groups in total. The molecule has 3 heterocycles. The molecule has 2 aromatic rings. The van der Waals surface area contributed by atoms with Gasteiger partial charge < -0.3 is 20.1 Å². The molecule has 1 aromatic heterocycles. The highest BCUT2D eigenvalue weighted by atomic mass is 32.2. The monoisotopic (exact) mass is 475 g/mol. The zero-order chi connectivity index (χ0) is 23.4. The summed E-state index contributed by atoms with van der Waals surface area (Å²) in [5.41, 5.74) is 1.60. The summed E-state index contributed by atoms with van der Waals surface area (Å²) < 4.78 is 26.4. The molecule has 0 bridgehead atoms. The maximum atomic E-state index is 13.4. The summed E-state index contributed by atoms with van der Waals surface area (Å²) in [4.78, 5) is 24.5. The van der Waals surface area contributed by atoms with E-state index >= 15 is 0 Å². The number of carbonyl (C=O) groups is 2. The lowest BCUT2D eigenvalue weighted by atomic mass is 10.1. The van der Waals surface area contributed by atoms with E-state index in [2.05, 4.69) is 20.8 Å². The van der Waals surface area contributed by atoms with Gasteiger partial charge in [-0.15, -0.1) is 10.2 Å². The van der Waals surface area contributed by atoms with E-state index in [-0.39, 0.29) is 24.6 Å². The summed E-state index contributed by atoms with van der Waals surface area (Å²) in [6.07, 6.45) is 1.96. The van der Waals surface area contributed by atoms with Gasteiger partial charge in [-0.05, 0) is 51.0 Å². The molecular formula is C22H26FN5O4S. The first-order valence-corrected chi connectivity index (χ1v) is 11.9. The van der Waals surface area contributed by atoms with Gasteiger partial charge in [-0.25, -0.2) is 14.0 Å². The molecule has 2 aliphatic heterocycles. The van der Waals surface area contributed by atoms with Crippen LogP contribution in [0.2, 0.25) is 0 Å². The number of urea groups is 1. The Kier molecular flexibility index (Phi) is 7.29. The molecule has 0 aliphatic carbocycles. The molecule has 0 saturated carbocycles. The van der Waals surface area contributed by atoms with Crippen molar-refractivity contribution >= 4 is 23.8 Å². The fraction of sp³-hybridized carbons (Fsp3) is 0.455. The minimum atomic E-state index is -0.479. The number of amides is 2. The number of hydrogen-bond acceptors (Lipinski definition) is 7. The molecule has 4 rings (SSSR count). The summed E-state index contributed by atoms with van der Waals surface area (Å²) in [6, 6.07) is 5.24. The number of nitrogens with zero attached hydrogens (tertiary/aromatic N) is 3. The number of rotatable bonds is 8. The van der Waals surface area contributed by atoms with Crippen molar-refractivity contribution in [3.63, 3.8) is 0 Å². The van der Waals surface area contributed by atoms with Crippen LogP contribution in [-0.2, 0) is 20.8 Å². The predicted octanol–water partition coefficient (Wildman–Crippen LogP) is 2.87. The van der Waals surface area contributed by atoms with Crippen molar-refractivity contribution in [1.82, 2.24) is 25.4 Å². The van der Waals surface area contributed by atoms with Gasteiger partial charge in [0, 0.05) is 23.6 Å². The standard InChI is InChI=1S/C22H26FN5O4S/c1-3-31-20(29)18-13(2)24-21(30)25-17(18)12-33-22-27-26-19(14-6-8-15(23)9-7-14)28(22)11-16-5-4-10-32-16/h6-9,13,16H,3-5,10-12H2,1-2H3,(H2,24,25,30). The summed E-state index contributed by atoms with van der Waals surface area (Å²) >= 11 is 1.35. The average molecular weight is 476 g/mol. The molecule has 2 atom stereocenters. The zero-order valence-corrected chi connectivity index (χ0v) is 19.3. The van der Waals surface area contributed by atoms with Crippen molar-refractivity contribution < 1.29 is 23.5 Å². The molecule has 2 amide bonds. The quantitative estimate of drug-likeness (QED) is 0.447. The first-order valence-electron chi connectivity index (χ1n) is 10.9. The van der Waals surface area contributed by atoms with Crippen LogP contribution < -0.4 is 10.6 Å². The van der Waals surface area contributed by atoms with E-state index in [0.717, 1.165) is 18.4 Å². The van der Waals surface area contributed by atoms with Crippen LogP contribution in [-0.4, -0.2) is 57.9 Å². The molecule has 176 valence electrons. The van der Waals surface area contributed by atoms with Crippen molar-refractivity contribution in [2.45, 2.75) is 50.5 Å². The van der Waals surface area contributed by atoms with Gasteiger partial charge in [0.05, 0.1) is 30.9 Å². The lowest BCUT2D eigenvalue weighted by Crippen LogP contribution is -2.49. The topological polar surface area (TPSA) is 107 Å². The van der Waals surface area contributed by atoms with Gasteiger partial charge in [0.2, 0.25) is 0 Å². The number of hydrogen-bond donors (Lipinski definition) is 2. The first kappa shape index (κ1) is 23.2. The molecule has 2 aliphatic rings. The van der Waals surface area contributed by atoms with Crippen LogP contribution in [0.4, 0.5) is 9.18 Å². The Morgan fingerprint density at radius 1 is 1.33 bits per heavy atom. The van der Waals surface area contributed by atoms with Crippen molar-refractivity contribution in [2.75, 3.05) is 19.0 Å². The van der Waals surface area contributed by atoms with E-state index in [9.17, 15) is 14.0 Å². The Bertz CT molecular complexity index is 1050. The third-order valence-electron chi connectivity index (χ3n) is 5.44. The number of halogens is 1. The third-order valence-corrected chi connectivity index (χ3v) is 6.43. The Balaban J connectivity index is 1.62. The number of ether oxygens (including phenoxy) is 2. The lowest BCUT2D eigenvalue weighted by molar-refractivity contribution is -0.138. The van der Waals surface area contributed by atoms with Gasteiger partial charge in [0.1, 0.15) is 5.82 Å². The molecule has 9 nitrogen and oxygen atoms in total. The summed E-state index contributed by atoms with van der Waals surface area (Å²) in [5.74, 6) is 0.0999. The zero-order valence-electron chi connectivity index (χ0n) is 18.5. The van der Waals surface area contributed by atoms with Gasteiger partial charge in [-0.2, -0.15) is 0 Å². The maximum absolute atomic E-state index is 13.4. The predicted molar refractivity (Wildman–Crippen MR) is 120 cm³/mol. The van der Waals surface area contributed by atoms with Crippen LogP contribution >= 0.6 is 11.8 Å². The molecule has 1 fully saturated rings. The summed E-state index contributed by atoms with van der Waals surface area (Å²) in [6.45, 7) is 4.98. The highest BCUT2D eigenvalue weighted by Crippen LogP contribution is 2.29. The number of benzene rings is 1. The lowest BCUT2D eigenvalue weighted by Gasteiger charge is -2.26. The van der Waals surface area contributed by atoms with E-state index in [4.69, 9.17) is 9.47 Å². The Hall–Kier alpha value is -2.92. The molecule has 11 heteroatoms. The average Bonchev–Trinajstić information content (AvgIpc) is 3.43. The first-order chi connectivity index (χ1) is 16.0. The van der Waals surface area contributed by atoms with Crippen molar-refractivity contribution in [2.24, 2.45) is 0 Å². The number of aromatic nitrogens is 3. The highest BCUT2D eigenvalue weighted by Gasteiger charge is 2.30. The van der Waals surface area contributed by atoms with Crippen LogP contribution in [0.1, 0.15) is 26.7 Å². The Morgan fingerprint density at radius 3 is 2.82 bits per heavy atom. The van der Waals surface area contributed by atoms with Crippen LogP contribution in [0.5, 0.6) is 0 Å². The van der Waals surface area contributed by atoms with Crippen LogP contribution in [0, 0.1) is 5.82 Å². The van der Waals surface area contributed by atoms with E-state index in [1.807, 2.05) is 4.57 Å². The molecule has 1 saturated heterocycles. The molecule has 0 spiro atoms. The number of thioether (sulfide) groups is 1.